The van der Waals surface area contributed by atoms with Gasteiger partial charge in [0.05, 0.1) is 38.0 Å². The number of rotatable bonds is 5. The maximum absolute atomic E-state index is 12.9. The second-order valence-corrected chi connectivity index (χ2v) is 5.87. The van der Waals surface area contributed by atoms with Gasteiger partial charge in [-0.2, -0.15) is 0 Å². The number of aromatic nitrogens is 1. The topological polar surface area (TPSA) is 51.7 Å². The van der Waals surface area contributed by atoms with Gasteiger partial charge < -0.3 is 14.4 Å². The van der Waals surface area contributed by atoms with Gasteiger partial charge in [-0.15, -0.1) is 6.58 Å². The van der Waals surface area contributed by atoms with Crippen LogP contribution in [-0.2, 0) is 20.7 Å². The quantitative estimate of drug-likeness (QED) is 0.775. The Labute approximate surface area is 135 Å². The van der Waals surface area contributed by atoms with Crippen molar-refractivity contribution in [2.75, 3.05) is 19.8 Å². The molecule has 1 amide bonds. The van der Waals surface area contributed by atoms with Crippen molar-refractivity contribution in [2.24, 2.45) is 0 Å². The fraction of sp³-hybridized carbons (Fsp3) is 0.529. The molecule has 5 nitrogen and oxygen atoms in total. The van der Waals surface area contributed by atoms with Crippen LogP contribution in [0.5, 0.6) is 0 Å². The molecular formula is C17H21FN2O3. The fourth-order valence-corrected chi connectivity index (χ4v) is 3.36. The first-order valence-corrected chi connectivity index (χ1v) is 7.93. The molecule has 0 N–H and O–H groups in total. The lowest BCUT2D eigenvalue weighted by Crippen LogP contribution is -2.54. The van der Waals surface area contributed by atoms with Crippen molar-refractivity contribution in [3.05, 3.63) is 42.5 Å². The molecule has 0 bridgehead atoms. The number of pyridine rings is 1. The molecule has 1 aromatic rings. The van der Waals surface area contributed by atoms with E-state index < -0.39 is 5.82 Å². The summed E-state index contributed by atoms with van der Waals surface area (Å²) in [4.78, 5) is 18.4. The molecular weight excluding hydrogens is 299 g/mol. The van der Waals surface area contributed by atoms with Crippen LogP contribution in [-0.4, -0.2) is 53.8 Å². The van der Waals surface area contributed by atoms with Gasteiger partial charge in [0.2, 0.25) is 5.91 Å². The smallest absolute Gasteiger partial charge is 0.229 e. The summed E-state index contributed by atoms with van der Waals surface area (Å²) in [6.07, 6.45) is 4.73. The number of amides is 1. The van der Waals surface area contributed by atoms with E-state index in [1.807, 2.05) is 4.90 Å². The van der Waals surface area contributed by atoms with Crippen LogP contribution < -0.4 is 0 Å². The molecule has 124 valence electrons. The summed E-state index contributed by atoms with van der Waals surface area (Å²) in [6, 6.07) is 2.92. The van der Waals surface area contributed by atoms with Crippen molar-refractivity contribution in [3.8, 4) is 0 Å². The van der Waals surface area contributed by atoms with Gasteiger partial charge in [0.25, 0.3) is 0 Å². The Morgan fingerprint density at radius 3 is 3.13 bits per heavy atom. The zero-order chi connectivity index (χ0) is 16.2. The van der Waals surface area contributed by atoms with E-state index in [9.17, 15) is 9.18 Å². The third-order valence-corrected chi connectivity index (χ3v) is 4.40. The van der Waals surface area contributed by atoms with E-state index >= 15 is 0 Å². The molecule has 2 fully saturated rings. The number of hydrogen-bond acceptors (Lipinski definition) is 4. The number of hydrogen-bond donors (Lipinski definition) is 0. The van der Waals surface area contributed by atoms with Crippen LogP contribution in [0, 0.1) is 5.82 Å². The minimum absolute atomic E-state index is 0.00628. The van der Waals surface area contributed by atoms with Crippen LogP contribution in [0.4, 0.5) is 4.39 Å². The highest BCUT2D eigenvalue weighted by atomic mass is 19.1. The first-order valence-electron chi connectivity index (χ1n) is 7.93. The highest BCUT2D eigenvalue weighted by molar-refractivity contribution is 5.79. The number of nitrogens with zero attached hydrogens (tertiary/aromatic N) is 2. The van der Waals surface area contributed by atoms with Crippen molar-refractivity contribution in [2.45, 2.75) is 37.5 Å². The van der Waals surface area contributed by atoms with Crippen LogP contribution in [0.3, 0.4) is 0 Å². The standard InChI is InChI=1S/C17H21FN2O3/c1-2-8-22-15-6-5-14-17(15)23-9-7-20(14)16(21)10-13-4-3-12(18)11-19-13/h2-4,11,14-15,17H,1,5-10H2/t14-,15+,17+/m0/s1. The maximum Gasteiger partial charge on any atom is 0.229 e. The van der Waals surface area contributed by atoms with Gasteiger partial charge in [0.15, 0.2) is 0 Å². The van der Waals surface area contributed by atoms with Crippen molar-refractivity contribution < 1.29 is 18.7 Å². The molecule has 0 radical (unpaired) electrons. The predicted molar refractivity (Wildman–Crippen MR) is 82.3 cm³/mol. The molecule has 0 spiro atoms. The largest absolute Gasteiger partial charge is 0.372 e. The van der Waals surface area contributed by atoms with Gasteiger partial charge in [-0.3, -0.25) is 9.78 Å². The summed E-state index contributed by atoms with van der Waals surface area (Å²) in [6.45, 7) is 5.24. The molecule has 1 aliphatic heterocycles. The average Bonchev–Trinajstić information content (AvgIpc) is 2.98. The van der Waals surface area contributed by atoms with E-state index in [1.165, 1.54) is 6.07 Å². The lowest BCUT2D eigenvalue weighted by molar-refractivity contribution is -0.150. The van der Waals surface area contributed by atoms with E-state index in [1.54, 1.807) is 12.1 Å². The Morgan fingerprint density at radius 1 is 1.52 bits per heavy atom. The molecule has 1 aromatic heterocycles. The number of ether oxygens (including phenoxy) is 2. The normalized spacial score (nSPS) is 26.8. The second kappa shape index (κ2) is 7.19. The highest BCUT2D eigenvalue weighted by Crippen LogP contribution is 2.32. The monoisotopic (exact) mass is 320 g/mol. The van der Waals surface area contributed by atoms with E-state index in [2.05, 4.69) is 11.6 Å². The lowest BCUT2D eigenvalue weighted by Gasteiger charge is -2.39. The van der Waals surface area contributed by atoms with Gasteiger partial charge >= 0.3 is 0 Å². The Morgan fingerprint density at radius 2 is 2.39 bits per heavy atom. The van der Waals surface area contributed by atoms with Crippen molar-refractivity contribution in [3.63, 3.8) is 0 Å². The summed E-state index contributed by atoms with van der Waals surface area (Å²) in [5.74, 6) is -0.391. The molecule has 0 aromatic carbocycles. The summed E-state index contributed by atoms with van der Waals surface area (Å²) < 4.78 is 24.5. The minimum Gasteiger partial charge on any atom is -0.372 e. The molecule has 2 aliphatic rings. The molecule has 3 atom stereocenters. The highest BCUT2D eigenvalue weighted by Gasteiger charge is 2.44. The molecule has 1 aliphatic carbocycles. The second-order valence-electron chi connectivity index (χ2n) is 5.87. The fourth-order valence-electron chi connectivity index (χ4n) is 3.36. The number of halogens is 1. The predicted octanol–water partition coefficient (Wildman–Crippen LogP) is 1.72. The van der Waals surface area contributed by atoms with Crippen molar-refractivity contribution >= 4 is 5.91 Å². The van der Waals surface area contributed by atoms with Gasteiger partial charge in [0.1, 0.15) is 11.9 Å². The molecule has 3 rings (SSSR count). The van der Waals surface area contributed by atoms with Gasteiger partial charge in [0, 0.05) is 12.2 Å². The van der Waals surface area contributed by atoms with Crippen LogP contribution in [0.15, 0.2) is 31.0 Å². The van der Waals surface area contributed by atoms with E-state index in [0.717, 1.165) is 19.0 Å². The molecule has 23 heavy (non-hydrogen) atoms. The zero-order valence-corrected chi connectivity index (χ0v) is 13.0. The Balaban J connectivity index is 1.64. The van der Waals surface area contributed by atoms with E-state index in [4.69, 9.17) is 9.47 Å². The van der Waals surface area contributed by atoms with Crippen molar-refractivity contribution in [1.82, 2.24) is 9.88 Å². The number of carbonyl (C=O) groups is 1. The van der Waals surface area contributed by atoms with Gasteiger partial charge in [-0.1, -0.05) is 6.08 Å². The maximum atomic E-state index is 12.9. The van der Waals surface area contributed by atoms with Crippen LogP contribution in [0.1, 0.15) is 18.5 Å². The van der Waals surface area contributed by atoms with Crippen molar-refractivity contribution in [1.29, 1.82) is 0 Å². The Kier molecular flexibility index (Phi) is 5.03. The zero-order valence-electron chi connectivity index (χ0n) is 13.0. The Hall–Kier alpha value is -1.79. The third kappa shape index (κ3) is 3.59. The van der Waals surface area contributed by atoms with E-state index in [0.29, 0.717) is 25.5 Å². The summed E-state index contributed by atoms with van der Waals surface area (Å²) in [5, 5.41) is 0. The van der Waals surface area contributed by atoms with Gasteiger partial charge in [-0.25, -0.2) is 4.39 Å². The number of morpholine rings is 1. The first kappa shape index (κ1) is 16.1. The number of carbonyl (C=O) groups excluding carboxylic acids is 1. The lowest BCUT2D eigenvalue weighted by atomic mass is 10.1. The Bertz CT molecular complexity index is 563. The third-order valence-electron chi connectivity index (χ3n) is 4.40. The average molecular weight is 320 g/mol. The first-order chi connectivity index (χ1) is 11.2. The summed E-state index contributed by atoms with van der Waals surface area (Å²) >= 11 is 0. The molecule has 1 saturated carbocycles. The van der Waals surface area contributed by atoms with E-state index in [-0.39, 0.29) is 30.6 Å². The molecule has 0 unspecified atom stereocenters. The van der Waals surface area contributed by atoms with Crippen LogP contribution in [0.25, 0.3) is 0 Å². The summed E-state index contributed by atoms with van der Waals surface area (Å²) in [7, 11) is 0. The molecule has 1 saturated heterocycles. The summed E-state index contributed by atoms with van der Waals surface area (Å²) in [5.41, 5.74) is 0.580. The van der Waals surface area contributed by atoms with Gasteiger partial charge in [-0.05, 0) is 25.0 Å². The van der Waals surface area contributed by atoms with Crippen LogP contribution >= 0.6 is 0 Å². The van der Waals surface area contributed by atoms with Crippen LogP contribution in [0.2, 0.25) is 0 Å². The molecule has 2 heterocycles. The number of fused-ring (bicyclic) bond motifs is 1. The molecule has 6 heteroatoms. The minimum atomic E-state index is -0.398. The SMILES string of the molecule is C=CCO[C@@H]1CC[C@H]2[C@H]1OCCN2C(=O)Cc1ccc(F)cn1.